The summed E-state index contributed by atoms with van der Waals surface area (Å²) >= 11 is 0. The SMILES string of the molecule is O=C(c1nc(-c2ccccc2)n(-c2ccccc2)n1)N1CCN(c2ccc([N+](=O)[O-])cc2)CC1. The fraction of sp³-hybridized carbons (Fsp3) is 0.160. The standard InChI is InChI=1S/C25H22N6O3/c32-25(29-17-15-28(16-18-29)20-11-13-22(14-12-20)31(33)34)23-26-24(19-7-3-1-4-8-19)30(27-23)21-9-5-2-6-10-21/h1-14H,15-18H2. The molecule has 0 radical (unpaired) electrons. The summed E-state index contributed by atoms with van der Waals surface area (Å²) in [6.07, 6.45) is 0. The predicted octanol–water partition coefficient (Wildman–Crippen LogP) is 3.80. The van der Waals surface area contributed by atoms with Crippen molar-refractivity contribution in [1.29, 1.82) is 0 Å². The molecule has 9 heteroatoms. The van der Waals surface area contributed by atoms with Gasteiger partial charge in [0.25, 0.3) is 11.6 Å². The monoisotopic (exact) mass is 454 g/mol. The Kier molecular flexibility index (Phi) is 5.73. The van der Waals surface area contributed by atoms with Crippen LogP contribution in [0.25, 0.3) is 17.1 Å². The Morgan fingerprint density at radius 2 is 1.41 bits per heavy atom. The van der Waals surface area contributed by atoms with Crippen LogP contribution in [0.3, 0.4) is 0 Å². The fourth-order valence-corrected chi connectivity index (χ4v) is 4.02. The van der Waals surface area contributed by atoms with Gasteiger partial charge in [0, 0.05) is 49.6 Å². The highest BCUT2D eigenvalue weighted by molar-refractivity contribution is 5.91. The number of benzene rings is 3. The Hall–Kier alpha value is -4.53. The maximum Gasteiger partial charge on any atom is 0.293 e. The molecule has 5 rings (SSSR count). The Morgan fingerprint density at radius 1 is 0.794 bits per heavy atom. The lowest BCUT2D eigenvalue weighted by Crippen LogP contribution is -2.49. The molecular formula is C25H22N6O3. The third-order valence-electron chi connectivity index (χ3n) is 5.82. The fourth-order valence-electron chi connectivity index (χ4n) is 4.02. The summed E-state index contributed by atoms with van der Waals surface area (Å²) in [7, 11) is 0. The normalized spacial score (nSPS) is 13.6. The Bertz CT molecular complexity index is 1240. The highest BCUT2D eigenvalue weighted by atomic mass is 16.6. The van der Waals surface area contributed by atoms with Gasteiger partial charge in [0.05, 0.1) is 10.6 Å². The van der Waals surface area contributed by atoms with Gasteiger partial charge in [-0.15, -0.1) is 5.10 Å². The zero-order valence-electron chi connectivity index (χ0n) is 18.3. The number of amides is 1. The largest absolute Gasteiger partial charge is 0.368 e. The Morgan fingerprint density at radius 3 is 2.03 bits per heavy atom. The van der Waals surface area contributed by atoms with Crippen LogP contribution in [-0.4, -0.2) is 56.7 Å². The maximum atomic E-state index is 13.3. The van der Waals surface area contributed by atoms with Crippen LogP contribution < -0.4 is 4.90 Å². The van der Waals surface area contributed by atoms with Crippen LogP contribution in [0.15, 0.2) is 84.9 Å². The molecule has 170 valence electrons. The number of non-ortho nitro benzene ring substituents is 1. The number of piperazine rings is 1. The van der Waals surface area contributed by atoms with Crippen molar-refractivity contribution >= 4 is 17.3 Å². The zero-order chi connectivity index (χ0) is 23.5. The van der Waals surface area contributed by atoms with Gasteiger partial charge in [-0.25, -0.2) is 9.67 Å². The molecular weight excluding hydrogens is 432 g/mol. The first-order valence-electron chi connectivity index (χ1n) is 11.0. The van der Waals surface area contributed by atoms with Crippen LogP contribution in [-0.2, 0) is 0 Å². The summed E-state index contributed by atoms with van der Waals surface area (Å²) in [5.74, 6) is 0.557. The second kappa shape index (κ2) is 9.14. The number of carbonyl (C=O) groups is 1. The van der Waals surface area contributed by atoms with Gasteiger partial charge in [0.1, 0.15) is 0 Å². The number of hydrogen-bond acceptors (Lipinski definition) is 6. The second-order valence-electron chi connectivity index (χ2n) is 7.93. The van der Waals surface area contributed by atoms with Crippen LogP contribution in [0.2, 0.25) is 0 Å². The number of nitro benzene ring substituents is 1. The molecule has 9 nitrogen and oxygen atoms in total. The van der Waals surface area contributed by atoms with Gasteiger partial charge in [0.15, 0.2) is 5.82 Å². The van der Waals surface area contributed by atoms with Crippen molar-refractivity contribution < 1.29 is 9.72 Å². The van der Waals surface area contributed by atoms with Crippen molar-refractivity contribution in [2.24, 2.45) is 0 Å². The molecule has 0 bridgehead atoms. The minimum atomic E-state index is -0.411. The van der Waals surface area contributed by atoms with E-state index >= 15 is 0 Å². The maximum absolute atomic E-state index is 13.3. The Labute approximate surface area is 196 Å². The summed E-state index contributed by atoms with van der Waals surface area (Å²) in [5.41, 5.74) is 2.67. The van der Waals surface area contributed by atoms with Crippen molar-refractivity contribution in [1.82, 2.24) is 19.7 Å². The molecule has 0 saturated carbocycles. The minimum absolute atomic E-state index is 0.0619. The van der Waals surface area contributed by atoms with E-state index in [0.29, 0.717) is 32.0 Å². The lowest BCUT2D eigenvalue weighted by molar-refractivity contribution is -0.384. The molecule has 0 N–H and O–H groups in total. The lowest BCUT2D eigenvalue weighted by Gasteiger charge is -2.35. The molecule has 34 heavy (non-hydrogen) atoms. The van der Waals surface area contributed by atoms with Gasteiger partial charge in [-0.05, 0) is 24.3 Å². The van der Waals surface area contributed by atoms with Crippen LogP contribution in [0, 0.1) is 10.1 Å². The number of rotatable bonds is 5. The van der Waals surface area contributed by atoms with E-state index in [2.05, 4.69) is 15.0 Å². The average Bonchev–Trinajstić information content (AvgIpc) is 3.35. The first kappa shape index (κ1) is 21.3. The molecule has 0 atom stereocenters. The zero-order valence-corrected chi connectivity index (χ0v) is 18.3. The number of hydrogen-bond donors (Lipinski definition) is 0. The average molecular weight is 454 g/mol. The first-order chi connectivity index (χ1) is 16.6. The van der Waals surface area contributed by atoms with Gasteiger partial charge in [-0.1, -0.05) is 48.5 Å². The molecule has 1 amide bonds. The molecule has 1 aromatic heterocycles. The lowest BCUT2D eigenvalue weighted by atomic mass is 10.2. The molecule has 1 aliphatic rings. The van der Waals surface area contributed by atoms with Crippen molar-refractivity contribution in [3.63, 3.8) is 0 Å². The van der Waals surface area contributed by atoms with E-state index in [-0.39, 0.29) is 17.4 Å². The van der Waals surface area contributed by atoms with E-state index in [0.717, 1.165) is 16.9 Å². The third-order valence-corrected chi connectivity index (χ3v) is 5.82. The van der Waals surface area contributed by atoms with Crippen LogP contribution in [0.1, 0.15) is 10.6 Å². The smallest absolute Gasteiger partial charge is 0.293 e. The van der Waals surface area contributed by atoms with Gasteiger partial charge < -0.3 is 9.80 Å². The first-order valence-corrected chi connectivity index (χ1v) is 11.0. The molecule has 1 saturated heterocycles. The second-order valence-corrected chi connectivity index (χ2v) is 7.93. The number of anilines is 1. The quantitative estimate of drug-likeness (QED) is 0.336. The third kappa shape index (κ3) is 4.23. The Balaban J connectivity index is 1.35. The van der Waals surface area contributed by atoms with Crippen LogP contribution in [0.4, 0.5) is 11.4 Å². The summed E-state index contributed by atoms with van der Waals surface area (Å²) < 4.78 is 1.70. The topological polar surface area (TPSA) is 97.4 Å². The van der Waals surface area contributed by atoms with Crippen molar-refractivity contribution in [3.05, 3.63) is 101 Å². The number of nitrogens with zero attached hydrogens (tertiary/aromatic N) is 6. The van der Waals surface area contributed by atoms with Gasteiger partial charge in [-0.2, -0.15) is 0 Å². The molecule has 0 spiro atoms. The summed E-state index contributed by atoms with van der Waals surface area (Å²) in [5, 5.41) is 15.5. The van der Waals surface area contributed by atoms with E-state index in [4.69, 9.17) is 0 Å². The highest BCUT2D eigenvalue weighted by Gasteiger charge is 2.27. The van der Waals surface area contributed by atoms with Crippen molar-refractivity contribution in [2.45, 2.75) is 0 Å². The van der Waals surface area contributed by atoms with E-state index in [1.165, 1.54) is 12.1 Å². The van der Waals surface area contributed by atoms with Crippen molar-refractivity contribution in [3.8, 4) is 17.1 Å². The molecule has 1 fully saturated rings. The van der Waals surface area contributed by atoms with E-state index in [9.17, 15) is 14.9 Å². The van der Waals surface area contributed by atoms with E-state index in [1.54, 1.807) is 21.7 Å². The van der Waals surface area contributed by atoms with E-state index < -0.39 is 4.92 Å². The summed E-state index contributed by atoms with van der Waals surface area (Å²) in [6.45, 7) is 2.26. The van der Waals surface area contributed by atoms with E-state index in [1.807, 2.05) is 60.7 Å². The predicted molar refractivity (Wildman–Crippen MR) is 128 cm³/mol. The van der Waals surface area contributed by atoms with Gasteiger partial charge >= 0.3 is 0 Å². The molecule has 2 heterocycles. The molecule has 4 aromatic rings. The highest BCUT2D eigenvalue weighted by Crippen LogP contribution is 2.23. The summed E-state index contributed by atoms with van der Waals surface area (Å²) in [4.78, 5) is 32.2. The molecule has 3 aromatic carbocycles. The summed E-state index contributed by atoms with van der Waals surface area (Å²) in [6, 6.07) is 25.8. The minimum Gasteiger partial charge on any atom is -0.368 e. The van der Waals surface area contributed by atoms with Crippen molar-refractivity contribution in [2.75, 3.05) is 31.1 Å². The van der Waals surface area contributed by atoms with Gasteiger partial charge in [0.2, 0.25) is 5.82 Å². The molecule has 0 aliphatic carbocycles. The van der Waals surface area contributed by atoms with Crippen LogP contribution in [0.5, 0.6) is 0 Å². The number of aromatic nitrogens is 3. The number of para-hydroxylation sites is 1. The molecule has 1 aliphatic heterocycles. The number of nitro groups is 1. The van der Waals surface area contributed by atoms with Gasteiger partial charge in [-0.3, -0.25) is 14.9 Å². The molecule has 0 unspecified atom stereocenters. The van der Waals surface area contributed by atoms with Crippen LogP contribution >= 0.6 is 0 Å². The number of carbonyl (C=O) groups excluding carboxylic acids is 1.